The van der Waals surface area contributed by atoms with Crippen LogP contribution in [0, 0.1) is 6.92 Å². The average molecular weight is 446 g/mol. The lowest BCUT2D eigenvalue weighted by Crippen LogP contribution is -2.53. The van der Waals surface area contributed by atoms with Crippen LogP contribution in [-0.4, -0.2) is 88.4 Å². The summed E-state index contributed by atoms with van der Waals surface area (Å²) >= 11 is 1.88. The van der Waals surface area contributed by atoms with Crippen LogP contribution in [0.3, 0.4) is 0 Å². The lowest BCUT2D eigenvalue weighted by atomic mass is 10.3. The van der Waals surface area contributed by atoms with Crippen LogP contribution in [0.4, 0.5) is 0 Å². The first kappa shape index (κ1) is 23.4. The molecule has 0 saturated carbocycles. The van der Waals surface area contributed by atoms with Crippen LogP contribution in [0.25, 0.3) is 0 Å². The lowest BCUT2D eigenvalue weighted by Gasteiger charge is -2.36. The largest absolute Gasteiger partial charge is 0.492 e. The Bertz CT molecular complexity index is 803. The van der Waals surface area contributed by atoms with Crippen molar-refractivity contribution in [3.63, 3.8) is 0 Å². The number of para-hydroxylation sites is 1. The summed E-state index contributed by atoms with van der Waals surface area (Å²) in [6.45, 7) is 9.00. The maximum absolute atomic E-state index is 5.85. The zero-order valence-electron chi connectivity index (χ0n) is 19.0. The van der Waals surface area contributed by atoms with E-state index in [2.05, 4.69) is 31.6 Å². The molecule has 1 fully saturated rings. The Labute approximate surface area is 190 Å². The number of ether oxygens (including phenoxy) is 1. The Hall–Kier alpha value is -2.26. The molecule has 2 aromatic rings. The molecule has 1 aliphatic heterocycles. The van der Waals surface area contributed by atoms with Gasteiger partial charge in [0.05, 0.1) is 0 Å². The van der Waals surface area contributed by atoms with Crippen molar-refractivity contribution in [3.05, 3.63) is 42.0 Å². The number of rotatable bonds is 10. The number of hydrogen-bond acceptors (Lipinski definition) is 6. The molecule has 0 atom stereocenters. The Morgan fingerprint density at radius 1 is 1.16 bits per heavy atom. The fourth-order valence-electron chi connectivity index (χ4n) is 3.41. The van der Waals surface area contributed by atoms with Gasteiger partial charge in [0.15, 0.2) is 11.8 Å². The second-order valence-corrected chi connectivity index (χ2v) is 8.61. The first-order valence-corrected chi connectivity index (χ1v) is 12.3. The molecule has 1 aromatic carbocycles. The molecule has 1 aliphatic rings. The van der Waals surface area contributed by atoms with Gasteiger partial charge in [-0.25, -0.2) is 4.99 Å². The summed E-state index contributed by atoms with van der Waals surface area (Å²) < 4.78 is 7.85. The molecule has 2 heterocycles. The topological polar surface area (TPSA) is 70.8 Å². The van der Waals surface area contributed by atoms with Crippen LogP contribution in [-0.2, 0) is 13.6 Å². The third-order valence-electron chi connectivity index (χ3n) is 5.45. The molecule has 1 aromatic heterocycles. The van der Waals surface area contributed by atoms with Crippen molar-refractivity contribution in [2.24, 2.45) is 12.0 Å². The Kier molecular flexibility index (Phi) is 9.48. The number of benzene rings is 1. The van der Waals surface area contributed by atoms with E-state index in [-0.39, 0.29) is 0 Å². The summed E-state index contributed by atoms with van der Waals surface area (Å²) in [6, 6.07) is 10.0. The van der Waals surface area contributed by atoms with Gasteiger partial charge in [0, 0.05) is 46.3 Å². The Morgan fingerprint density at radius 2 is 1.94 bits per heavy atom. The molecule has 9 heteroatoms. The Balaban J connectivity index is 1.49. The molecule has 0 aliphatic carbocycles. The van der Waals surface area contributed by atoms with Crippen molar-refractivity contribution < 1.29 is 4.74 Å². The van der Waals surface area contributed by atoms with Gasteiger partial charge in [-0.2, -0.15) is 11.8 Å². The van der Waals surface area contributed by atoms with Gasteiger partial charge < -0.3 is 19.5 Å². The summed E-state index contributed by atoms with van der Waals surface area (Å²) in [7, 11) is 1.99. The third-order valence-corrected chi connectivity index (χ3v) is 6.15. The van der Waals surface area contributed by atoms with Gasteiger partial charge in [0.2, 0.25) is 0 Å². The van der Waals surface area contributed by atoms with Crippen molar-refractivity contribution >= 4 is 17.7 Å². The molecule has 3 rings (SSSR count). The third kappa shape index (κ3) is 7.43. The van der Waals surface area contributed by atoms with E-state index in [9.17, 15) is 0 Å². The van der Waals surface area contributed by atoms with Crippen LogP contribution in [0.15, 0.2) is 35.3 Å². The number of hydrogen-bond donors (Lipinski definition) is 1. The van der Waals surface area contributed by atoms with Crippen molar-refractivity contribution in [2.45, 2.75) is 19.9 Å². The van der Waals surface area contributed by atoms with Crippen LogP contribution in [0.1, 0.15) is 18.1 Å². The van der Waals surface area contributed by atoms with Crippen LogP contribution in [0.2, 0.25) is 0 Å². The number of piperazine rings is 1. The highest BCUT2D eigenvalue weighted by atomic mass is 32.2. The SMILES string of the molecule is CSCCCNC(=NCc1nnc(C)n1C)N1CCN(CCOc2ccccc2)CC1. The number of thioether (sulfide) groups is 1. The second kappa shape index (κ2) is 12.6. The van der Waals surface area contributed by atoms with Crippen molar-refractivity contribution in [1.82, 2.24) is 29.9 Å². The minimum Gasteiger partial charge on any atom is -0.492 e. The summed E-state index contributed by atoms with van der Waals surface area (Å²) in [5.74, 6) is 4.85. The highest BCUT2D eigenvalue weighted by molar-refractivity contribution is 7.98. The van der Waals surface area contributed by atoms with E-state index in [1.165, 1.54) is 0 Å². The average Bonchev–Trinajstić information content (AvgIpc) is 3.12. The molecular formula is C22H35N7OS. The summed E-state index contributed by atoms with van der Waals surface area (Å²) in [5.41, 5.74) is 0. The Morgan fingerprint density at radius 3 is 2.61 bits per heavy atom. The van der Waals surface area contributed by atoms with E-state index in [0.29, 0.717) is 13.2 Å². The molecule has 0 spiro atoms. The van der Waals surface area contributed by atoms with Gasteiger partial charge in [-0.1, -0.05) is 18.2 Å². The summed E-state index contributed by atoms with van der Waals surface area (Å²) in [4.78, 5) is 9.69. The minimum atomic E-state index is 0.535. The van der Waals surface area contributed by atoms with Crippen molar-refractivity contribution in [1.29, 1.82) is 0 Å². The van der Waals surface area contributed by atoms with Crippen LogP contribution in [0.5, 0.6) is 5.75 Å². The normalized spacial score (nSPS) is 15.3. The highest BCUT2D eigenvalue weighted by Crippen LogP contribution is 2.09. The predicted octanol–water partition coefficient (Wildman–Crippen LogP) is 2.02. The smallest absolute Gasteiger partial charge is 0.194 e. The molecular weight excluding hydrogens is 410 g/mol. The van der Waals surface area contributed by atoms with Gasteiger partial charge in [0.1, 0.15) is 24.7 Å². The first-order valence-electron chi connectivity index (χ1n) is 10.9. The van der Waals surface area contributed by atoms with E-state index in [0.717, 1.165) is 74.8 Å². The number of guanidine groups is 1. The van der Waals surface area contributed by atoms with E-state index in [1.807, 2.05) is 60.6 Å². The fourth-order valence-corrected chi connectivity index (χ4v) is 3.84. The molecule has 1 N–H and O–H groups in total. The number of aromatic nitrogens is 3. The molecule has 0 bridgehead atoms. The zero-order chi connectivity index (χ0) is 21.9. The lowest BCUT2D eigenvalue weighted by molar-refractivity contribution is 0.152. The van der Waals surface area contributed by atoms with Gasteiger partial charge >= 0.3 is 0 Å². The van der Waals surface area contributed by atoms with Crippen LogP contribution >= 0.6 is 11.8 Å². The first-order chi connectivity index (χ1) is 15.2. The minimum absolute atomic E-state index is 0.535. The number of aryl methyl sites for hydroxylation is 1. The highest BCUT2D eigenvalue weighted by Gasteiger charge is 2.20. The quantitative estimate of drug-likeness (QED) is 0.341. The molecule has 1 saturated heterocycles. The predicted molar refractivity (Wildman–Crippen MR) is 128 cm³/mol. The molecule has 0 unspecified atom stereocenters. The molecule has 0 radical (unpaired) electrons. The van der Waals surface area contributed by atoms with Gasteiger partial charge in [-0.3, -0.25) is 4.90 Å². The second-order valence-electron chi connectivity index (χ2n) is 7.63. The summed E-state index contributed by atoms with van der Waals surface area (Å²) in [5, 5.41) is 12.0. The van der Waals surface area contributed by atoms with E-state index in [1.54, 1.807) is 0 Å². The van der Waals surface area contributed by atoms with E-state index in [4.69, 9.17) is 9.73 Å². The number of aliphatic imine (C=N–C) groups is 1. The monoisotopic (exact) mass is 445 g/mol. The van der Waals surface area contributed by atoms with Gasteiger partial charge in [-0.15, -0.1) is 10.2 Å². The molecule has 31 heavy (non-hydrogen) atoms. The van der Waals surface area contributed by atoms with Crippen molar-refractivity contribution in [2.75, 3.05) is 57.9 Å². The number of nitrogens with zero attached hydrogens (tertiary/aromatic N) is 6. The maximum atomic E-state index is 5.85. The van der Waals surface area contributed by atoms with E-state index < -0.39 is 0 Å². The number of nitrogens with one attached hydrogen (secondary N) is 1. The standard InChI is InChI=1S/C22H35N7OS/c1-19-25-26-21(27(19)2)18-24-22(23-10-7-17-31-3)29-13-11-28(12-14-29)15-16-30-20-8-5-4-6-9-20/h4-6,8-9H,7,10-18H2,1-3H3,(H,23,24). The fraction of sp³-hybridized carbons (Fsp3) is 0.591. The van der Waals surface area contributed by atoms with Crippen LogP contribution < -0.4 is 10.1 Å². The van der Waals surface area contributed by atoms with E-state index >= 15 is 0 Å². The zero-order valence-corrected chi connectivity index (χ0v) is 19.8. The molecule has 8 nitrogen and oxygen atoms in total. The summed E-state index contributed by atoms with van der Waals surface area (Å²) in [6.07, 6.45) is 3.27. The van der Waals surface area contributed by atoms with Gasteiger partial charge in [0.25, 0.3) is 0 Å². The van der Waals surface area contributed by atoms with Crippen molar-refractivity contribution in [3.8, 4) is 5.75 Å². The molecule has 0 amide bonds. The van der Waals surface area contributed by atoms with Gasteiger partial charge in [-0.05, 0) is 37.5 Å². The maximum Gasteiger partial charge on any atom is 0.194 e. The molecule has 170 valence electrons.